The number of aromatic nitrogens is 3. The molecule has 8 heteroatoms. The van der Waals surface area contributed by atoms with Crippen LogP contribution in [0.3, 0.4) is 0 Å². The minimum atomic E-state index is -0.656. The van der Waals surface area contributed by atoms with Gasteiger partial charge in [-0.1, -0.05) is 31.1 Å². The average molecular weight is 443 g/mol. The van der Waals surface area contributed by atoms with Gasteiger partial charge in [0, 0.05) is 19.2 Å². The second kappa shape index (κ2) is 11.0. The quantitative estimate of drug-likeness (QED) is 0.643. The van der Waals surface area contributed by atoms with Crippen LogP contribution in [-0.2, 0) is 10.3 Å². The van der Waals surface area contributed by atoms with Gasteiger partial charge in [0.1, 0.15) is 5.69 Å². The summed E-state index contributed by atoms with van der Waals surface area (Å²) in [5, 5.41) is 25.7. The maximum Gasteiger partial charge on any atom is 0.245 e. The number of piperidine rings is 1. The lowest BCUT2D eigenvalue weighted by Crippen LogP contribution is -2.44. The van der Waals surface area contributed by atoms with Gasteiger partial charge in [-0.3, -0.25) is 4.79 Å². The van der Waals surface area contributed by atoms with Crippen LogP contribution in [0.2, 0.25) is 0 Å². The molecule has 1 saturated carbocycles. The van der Waals surface area contributed by atoms with Crippen molar-refractivity contribution >= 4 is 17.7 Å². The Labute approximate surface area is 189 Å². The number of carbonyl (C=O) groups excluding carboxylic acids is 1. The first-order chi connectivity index (χ1) is 15.0. The molecule has 7 nitrogen and oxygen atoms in total. The monoisotopic (exact) mass is 442 g/mol. The molecule has 2 heterocycles. The van der Waals surface area contributed by atoms with Crippen molar-refractivity contribution in [3.05, 3.63) is 34.9 Å². The van der Waals surface area contributed by atoms with Crippen LogP contribution in [0, 0.1) is 23.2 Å². The predicted molar refractivity (Wildman–Crippen MR) is 124 cm³/mol. The van der Waals surface area contributed by atoms with Gasteiger partial charge in [-0.25, -0.2) is 4.68 Å². The Kier molecular flexibility index (Phi) is 8.33. The molecular formula is C23H34N6OS. The molecule has 168 valence electrons. The van der Waals surface area contributed by atoms with Gasteiger partial charge in [0.2, 0.25) is 5.91 Å². The van der Waals surface area contributed by atoms with Crippen molar-refractivity contribution in [3.8, 4) is 6.07 Å². The fourth-order valence-corrected chi connectivity index (χ4v) is 4.94. The normalized spacial score (nSPS) is 25.5. The summed E-state index contributed by atoms with van der Waals surface area (Å²) >= 11 is 1.47. The maximum absolute atomic E-state index is 12.6. The molecule has 1 aliphatic carbocycles. The number of likely N-dealkylation sites (tertiary alicyclic amines) is 1. The largest absolute Gasteiger partial charge is 0.344 e. The molecule has 0 radical (unpaired) electrons. The molecule has 1 amide bonds. The van der Waals surface area contributed by atoms with Crippen molar-refractivity contribution in [2.24, 2.45) is 11.8 Å². The van der Waals surface area contributed by atoms with Crippen LogP contribution in [0.1, 0.15) is 64.1 Å². The fraction of sp³-hybridized carbons (Fsp3) is 0.652. The molecule has 0 unspecified atom stereocenters. The Balaban J connectivity index is 1.80. The second-order valence-corrected chi connectivity index (χ2v) is 9.77. The van der Waals surface area contributed by atoms with Crippen molar-refractivity contribution in [3.63, 3.8) is 0 Å². The number of nitrogens with zero attached hydrogens (tertiary/aromatic N) is 5. The Hall–Kier alpha value is -2.11. The molecule has 2 aliphatic rings. The average Bonchev–Trinajstić information content (AvgIpc) is 3.27. The number of amides is 1. The van der Waals surface area contributed by atoms with Crippen LogP contribution < -0.4 is 5.32 Å². The van der Waals surface area contributed by atoms with Gasteiger partial charge < -0.3 is 10.2 Å². The van der Waals surface area contributed by atoms with Crippen LogP contribution in [-0.4, -0.2) is 45.9 Å². The number of rotatable bonds is 7. The minimum Gasteiger partial charge on any atom is -0.344 e. The van der Waals surface area contributed by atoms with Crippen LogP contribution >= 0.6 is 11.8 Å². The lowest BCUT2D eigenvalue weighted by atomic mass is 9.78. The molecule has 0 aromatic carbocycles. The van der Waals surface area contributed by atoms with Crippen molar-refractivity contribution in [1.29, 1.82) is 5.26 Å². The Bertz CT molecular complexity index is 825. The highest BCUT2D eigenvalue weighted by atomic mass is 32.2. The molecule has 0 bridgehead atoms. The zero-order chi connectivity index (χ0) is 22.3. The molecule has 1 atom stereocenters. The Morgan fingerprint density at radius 3 is 2.68 bits per heavy atom. The van der Waals surface area contributed by atoms with Crippen LogP contribution in [0.5, 0.6) is 0 Å². The van der Waals surface area contributed by atoms with E-state index in [2.05, 4.69) is 40.6 Å². The summed E-state index contributed by atoms with van der Waals surface area (Å²) in [6, 6.07) is 2.31. The van der Waals surface area contributed by atoms with E-state index in [1.54, 1.807) is 16.2 Å². The van der Waals surface area contributed by atoms with Gasteiger partial charge in [-0.15, -0.1) is 16.9 Å². The first-order valence-corrected chi connectivity index (χ1v) is 12.2. The molecule has 0 spiro atoms. The Morgan fingerprint density at radius 2 is 2.03 bits per heavy atom. The molecule has 3 rings (SSSR count). The summed E-state index contributed by atoms with van der Waals surface area (Å²) in [5.74, 6) is 0.934. The highest BCUT2D eigenvalue weighted by Crippen LogP contribution is 2.37. The second-order valence-electron chi connectivity index (χ2n) is 8.95. The van der Waals surface area contributed by atoms with Gasteiger partial charge in [0.15, 0.2) is 5.54 Å². The third-order valence-corrected chi connectivity index (χ3v) is 7.36. The van der Waals surface area contributed by atoms with Gasteiger partial charge in [0.05, 0.1) is 18.3 Å². The molecule has 1 aliphatic heterocycles. The van der Waals surface area contributed by atoms with Gasteiger partial charge in [-0.2, -0.15) is 5.26 Å². The number of hydrogen-bond acceptors (Lipinski definition) is 6. The summed E-state index contributed by atoms with van der Waals surface area (Å²) in [4.78, 5) is 14.8. The van der Waals surface area contributed by atoms with Crippen LogP contribution in [0.4, 0.5) is 0 Å². The van der Waals surface area contributed by atoms with Gasteiger partial charge >= 0.3 is 0 Å². The molecule has 1 aromatic heterocycles. The lowest BCUT2D eigenvalue weighted by Gasteiger charge is -2.35. The van der Waals surface area contributed by atoms with E-state index in [0.29, 0.717) is 5.92 Å². The van der Waals surface area contributed by atoms with E-state index in [1.165, 1.54) is 11.8 Å². The third kappa shape index (κ3) is 5.98. The molecule has 31 heavy (non-hydrogen) atoms. The van der Waals surface area contributed by atoms with Crippen molar-refractivity contribution in [2.45, 2.75) is 64.0 Å². The lowest BCUT2D eigenvalue weighted by molar-refractivity contribution is -0.117. The molecule has 2 fully saturated rings. The summed E-state index contributed by atoms with van der Waals surface area (Å²) in [7, 11) is 2.08. The Morgan fingerprint density at radius 1 is 1.32 bits per heavy atom. The molecule has 1 N–H and O–H groups in total. The third-order valence-electron chi connectivity index (χ3n) is 6.63. The molecular weight excluding hydrogens is 408 g/mol. The zero-order valence-corrected chi connectivity index (χ0v) is 19.6. The summed E-state index contributed by atoms with van der Waals surface area (Å²) < 4.78 is 1.75. The van der Waals surface area contributed by atoms with Crippen LogP contribution in [0.15, 0.2) is 29.2 Å². The standard InChI is InChI=1S/C23H34N6OS/c1-4-14-31-15-9-21(30)25-22(19-7-5-18(2)6-8-19)20-16-29(27-26-20)23(17-24)10-12-28(3)13-11-23/h4,9,14-16,18-19,22H,5-8,10-13H2,1-3H3,(H,25,30)/b14-4-,15-9+/t18?,19?,22-/m0/s1. The smallest absolute Gasteiger partial charge is 0.245 e. The number of nitrogens with one attached hydrogen (secondary N) is 1. The SMILES string of the molecule is C/C=C\S/C=C/C(=O)N[C@H](c1cn(C2(C#N)CCN(C)CC2)nn1)C1CCC(C)CC1. The maximum atomic E-state index is 12.6. The number of hydrogen-bond donors (Lipinski definition) is 1. The number of thioether (sulfide) groups is 1. The zero-order valence-electron chi connectivity index (χ0n) is 18.8. The van der Waals surface area contributed by atoms with Crippen LogP contribution in [0.25, 0.3) is 0 Å². The minimum absolute atomic E-state index is 0.121. The summed E-state index contributed by atoms with van der Waals surface area (Å²) in [6.45, 7) is 5.96. The van der Waals surface area contributed by atoms with E-state index in [0.717, 1.165) is 63.2 Å². The fourth-order valence-electron chi connectivity index (χ4n) is 4.49. The van der Waals surface area contributed by atoms with Gasteiger partial charge in [0.25, 0.3) is 0 Å². The van der Waals surface area contributed by atoms with E-state index < -0.39 is 5.54 Å². The first-order valence-electron chi connectivity index (χ1n) is 11.2. The first kappa shape index (κ1) is 23.6. The highest BCUT2D eigenvalue weighted by Gasteiger charge is 2.38. The highest BCUT2D eigenvalue weighted by molar-refractivity contribution is 8.04. The van der Waals surface area contributed by atoms with E-state index in [1.807, 2.05) is 24.6 Å². The van der Waals surface area contributed by atoms with E-state index >= 15 is 0 Å². The number of carbonyl (C=O) groups is 1. The number of allylic oxidation sites excluding steroid dienone is 1. The molecule has 1 aromatic rings. The van der Waals surface area contributed by atoms with Crippen molar-refractivity contribution in [1.82, 2.24) is 25.2 Å². The number of nitriles is 1. The van der Waals surface area contributed by atoms with Crippen molar-refractivity contribution in [2.75, 3.05) is 20.1 Å². The predicted octanol–water partition coefficient (Wildman–Crippen LogP) is 3.99. The molecule has 1 saturated heterocycles. The van der Waals surface area contributed by atoms with E-state index in [4.69, 9.17) is 0 Å². The summed E-state index contributed by atoms with van der Waals surface area (Å²) in [5.41, 5.74) is 0.104. The summed E-state index contributed by atoms with van der Waals surface area (Å²) in [6.07, 6.45) is 11.3. The van der Waals surface area contributed by atoms with E-state index in [9.17, 15) is 10.1 Å². The van der Waals surface area contributed by atoms with E-state index in [-0.39, 0.29) is 11.9 Å². The van der Waals surface area contributed by atoms with Crippen molar-refractivity contribution < 1.29 is 4.79 Å². The van der Waals surface area contributed by atoms with Gasteiger partial charge in [-0.05, 0) is 62.3 Å². The topological polar surface area (TPSA) is 86.8 Å².